The van der Waals surface area contributed by atoms with Crippen LogP contribution in [0.3, 0.4) is 0 Å². The second-order valence-electron chi connectivity index (χ2n) is 32.8. The number of amides is 6. The summed E-state index contributed by atoms with van der Waals surface area (Å²) in [6.07, 6.45) is 14.8. The van der Waals surface area contributed by atoms with Crippen molar-refractivity contribution in [2.45, 2.75) is 213 Å². The van der Waals surface area contributed by atoms with Gasteiger partial charge in [0.05, 0.1) is 37.9 Å². The van der Waals surface area contributed by atoms with E-state index in [1.165, 1.54) is 23.2 Å². The quantitative estimate of drug-likeness (QED) is 0.00575. The summed E-state index contributed by atoms with van der Waals surface area (Å²) < 4.78 is 129. The first-order valence-corrected chi connectivity index (χ1v) is 43.6. The van der Waals surface area contributed by atoms with Crippen LogP contribution < -0.4 is 108 Å². The SMILES string of the molecule is C.CC(C)(C)OC(=O)N[C@H]1CCC[C@H]1N.CCOC(=O)c1cn2c(c(OCc3ccccc3)c1=O)C(=O)N[C@H]1CCC[C@H]12.CCOC(=O)c1occ(C(=O)OCC)c(=O)c1OCc1ccccc1.O=C(NCc1c(F)cc(F)cc1F)c1cn2c(c(O)c1=O)C(=O)N[C@H]1CCC[C@H]12.O=C(NCc1c(F)cc(F)cc1F)c1cn2c(c(OCc3ccccc3)c1=O)C(=O)N[C@H]1CCC[C@H]12.O=CO[O-].[Na+]. The molecule has 9 N–H and O–H groups in total. The largest absolute Gasteiger partial charge is 1.00 e. The molecule has 0 spiro atoms. The number of halogens is 6. The standard InChI is InChI=1S/C26H22F3N3O4.C21H22N2O5.C19H16F3N3O4.C18H18O7.C10H20N2O2.CH2O3.CH4.Na/c27-15-9-18(28)16(19(29)10-15)11-30-25(34)17-12-32-21-8-4-7-20(21)31-26(35)22(32)24(23(17)33)36-13-14-5-2-1-3-6-14;1-2-27-21(26)14-11-23-16-10-6-9-15(16)22-20(25)17(23)19(18(14)24)28-12-13-7-4-3-5-8-13;20-8-4-11(21)9(12(22)5-8)6-23-18(28)10-7-25-14-3-1-2-13(14)24-19(29)15(25)17(27)16(10)26;1-3-22-17(20)13-11-25-16(18(21)23-4-2)15(14(13)19)24-10-12-8-6-5-7-9-12;1-10(2,3)14-9(13)12-8-6-4-5-7(8)11;2-1-4-3;;/h1-3,5-6,9-10,12,20-21H,4,7-8,11,13H2,(H,30,34)(H,31,35);3-5,7-8,11,15-16H,2,6,9-10,12H2,1H3,(H,22,25);4-5,7,13-14,27H,1-3,6H2,(H,23,28)(H,24,29);5-9,11H,3-4,10H2,1-2H3;7-8H,4-6,11H2,1-3H3,(H,12,13);1,3H;1H4;/q;;;;;;;+1/p-1/t20-,21+;15-,16+;13-,14+;;7-,8+;;;/m000.1.../s1. The normalized spacial score (nSPS) is 17.8. The number of nitrogens with zero attached hydrogens (tertiary/aromatic N) is 3. The second-order valence-corrected chi connectivity index (χ2v) is 32.8. The number of ether oxygens (including phenoxy) is 7. The van der Waals surface area contributed by atoms with Crippen LogP contribution in [0.1, 0.15) is 255 Å². The summed E-state index contributed by atoms with van der Waals surface area (Å²) in [4.78, 5) is 174. The molecule has 9 aromatic rings. The molecule has 42 heteroatoms. The van der Waals surface area contributed by atoms with Gasteiger partial charge in [-0.1, -0.05) is 98.4 Å². The van der Waals surface area contributed by atoms with Gasteiger partial charge in [-0.15, -0.1) is 0 Å². The fourth-order valence-corrected chi connectivity index (χ4v) is 16.4. The summed E-state index contributed by atoms with van der Waals surface area (Å²) in [6.45, 7) is 9.52. The summed E-state index contributed by atoms with van der Waals surface area (Å²) in [5, 5.41) is 34.6. The average molecular weight is 1930 g/mol. The maximum absolute atomic E-state index is 14.0. The number of hydrogen-bond donors (Lipinski definition) is 8. The summed E-state index contributed by atoms with van der Waals surface area (Å²) in [6, 6.07) is 28.8. The molecule has 4 fully saturated rings. The Morgan fingerprint density at radius 2 is 0.848 bits per heavy atom. The number of pyridine rings is 3. The number of hydrogen-bond acceptors (Lipinski definition) is 26. The minimum atomic E-state index is -1.18. The van der Waals surface area contributed by atoms with Crippen LogP contribution in [-0.2, 0) is 61.5 Å². The average Bonchev–Trinajstić information content (AvgIpc) is 1.43. The molecule has 3 aliphatic heterocycles. The van der Waals surface area contributed by atoms with Crippen molar-refractivity contribution in [1.82, 2.24) is 45.6 Å². The minimum Gasteiger partial charge on any atom is -0.662 e. The van der Waals surface area contributed by atoms with Crippen LogP contribution in [0.4, 0.5) is 31.1 Å². The van der Waals surface area contributed by atoms with Gasteiger partial charge in [0.25, 0.3) is 41.8 Å². The van der Waals surface area contributed by atoms with E-state index in [-0.39, 0.29) is 194 Å². The molecule has 5 aromatic carbocycles. The number of alkyl carbamates (subject to hydrolysis) is 1. The Kier molecular flexibility index (Phi) is 38.8. The van der Waals surface area contributed by atoms with Crippen LogP contribution in [-0.4, -0.2) is 134 Å². The predicted molar refractivity (Wildman–Crippen MR) is 475 cm³/mol. The first-order chi connectivity index (χ1) is 65.1. The van der Waals surface area contributed by atoms with Gasteiger partial charge in [0.1, 0.15) is 88.8 Å². The number of nitrogens with one attached hydrogen (secondary N) is 6. The second kappa shape index (κ2) is 49.7. The Hall–Kier alpha value is -13.9. The Balaban J connectivity index is 0.000000195. The number of benzene rings is 5. The van der Waals surface area contributed by atoms with E-state index in [0.717, 1.165) is 93.6 Å². The molecule has 0 bridgehead atoms. The third-order valence-corrected chi connectivity index (χ3v) is 22.6. The third-order valence-electron chi connectivity index (χ3n) is 22.6. The topological polar surface area (TPSA) is 482 Å². The Bertz CT molecular complexity index is 6140. The maximum atomic E-state index is 14.0. The predicted octanol–water partition coefficient (Wildman–Crippen LogP) is 7.83. The number of aromatic nitrogens is 3. The molecule has 4 aliphatic carbocycles. The van der Waals surface area contributed by atoms with Gasteiger partial charge in [0.2, 0.25) is 27.5 Å². The number of rotatable bonds is 23. The zero-order chi connectivity index (χ0) is 98.4. The smallest absolute Gasteiger partial charge is 0.662 e. The van der Waals surface area contributed by atoms with Crippen molar-refractivity contribution in [3.63, 3.8) is 0 Å². The molecule has 138 heavy (non-hydrogen) atoms. The van der Waals surface area contributed by atoms with Gasteiger partial charge in [-0.2, -0.15) is 0 Å². The summed E-state index contributed by atoms with van der Waals surface area (Å²) in [5.41, 5.74) is 2.11. The van der Waals surface area contributed by atoms with Gasteiger partial charge in [-0.3, -0.25) is 47.9 Å². The monoisotopic (exact) mass is 1930 g/mol. The molecule has 0 unspecified atom stereocenters. The summed E-state index contributed by atoms with van der Waals surface area (Å²) >= 11 is 0. The zero-order valence-corrected chi connectivity index (χ0v) is 77.5. The van der Waals surface area contributed by atoms with E-state index in [9.17, 15) is 93.8 Å². The molecule has 6 amide bonds. The van der Waals surface area contributed by atoms with Crippen molar-refractivity contribution in [2.24, 2.45) is 5.73 Å². The van der Waals surface area contributed by atoms with E-state index < -0.39 is 145 Å². The van der Waals surface area contributed by atoms with Crippen molar-refractivity contribution >= 4 is 60.0 Å². The van der Waals surface area contributed by atoms with Crippen LogP contribution in [0.5, 0.6) is 23.0 Å². The van der Waals surface area contributed by atoms with Crippen LogP contribution in [0.25, 0.3) is 0 Å². The van der Waals surface area contributed by atoms with Crippen LogP contribution in [0, 0.1) is 34.9 Å². The van der Waals surface area contributed by atoms with E-state index in [0.29, 0.717) is 30.7 Å². The van der Waals surface area contributed by atoms with Gasteiger partial charge in [-0.25, -0.2) is 45.5 Å². The van der Waals surface area contributed by atoms with Crippen molar-refractivity contribution in [2.75, 3.05) is 19.8 Å². The number of carbonyl (C=O) groups is 10. The van der Waals surface area contributed by atoms with E-state index >= 15 is 0 Å². The van der Waals surface area contributed by atoms with Crippen molar-refractivity contribution in [3.05, 3.63) is 289 Å². The van der Waals surface area contributed by atoms with Gasteiger partial charge in [0, 0.05) is 97.3 Å². The van der Waals surface area contributed by atoms with Gasteiger partial charge >= 0.3 is 53.6 Å². The summed E-state index contributed by atoms with van der Waals surface area (Å²) in [5.74, 6) is -14.6. The molecule has 16 rings (SSSR count). The van der Waals surface area contributed by atoms with Crippen molar-refractivity contribution < 1.29 is 157 Å². The van der Waals surface area contributed by atoms with E-state index in [1.807, 2.05) is 75.4 Å². The number of fused-ring (bicyclic) bond motifs is 9. The Labute approximate surface area is 807 Å². The van der Waals surface area contributed by atoms with Gasteiger partial charge < -0.3 is 104 Å². The first kappa shape index (κ1) is 108. The zero-order valence-electron chi connectivity index (χ0n) is 75.5. The van der Waals surface area contributed by atoms with E-state index in [4.69, 9.17) is 53.4 Å². The van der Waals surface area contributed by atoms with Crippen LogP contribution in [0.15, 0.2) is 164 Å². The fourth-order valence-electron chi connectivity index (χ4n) is 16.4. The number of nitrogens with two attached hydrogens (primary N) is 1. The first-order valence-electron chi connectivity index (χ1n) is 43.6. The Morgan fingerprint density at radius 1 is 0.500 bits per heavy atom. The number of esters is 3. The molecule has 730 valence electrons. The molecular formula is C96H103F6N10NaO25. The molecule has 8 atom stereocenters. The number of aromatic hydroxyl groups is 1. The van der Waals surface area contributed by atoms with Crippen molar-refractivity contribution in [1.29, 1.82) is 0 Å². The Morgan fingerprint density at radius 3 is 1.23 bits per heavy atom. The van der Waals surface area contributed by atoms with Crippen molar-refractivity contribution in [3.8, 4) is 23.0 Å². The molecule has 0 radical (unpaired) electrons. The summed E-state index contributed by atoms with van der Waals surface area (Å²) in [7, 11) is 0. The van der Waals surface area contributed by atoms with Gasteiger partial charge in [-0.05, 0) is 135 Å². The molecule has 4 saturated carbocycles. The molecule has 7 aliphatic rings. The van der Waals surface area contributed by atoms with E-state index in [2.05, 4.69) is 36.8 Å². The maximum Gasteiger partial charge on any atom is 1.00 e. The van der Waals surface area contributed by atoms with Gasteiger partial charge in [0.15, 0.2) is 34.3 Å². The fraction of sp³-hybridized carbons (Fsp3) is 0.375. The van der Waals surface area contributed by atoms with Crippen LogP contribution >= 0.6 is 0 Å². The molecule has 35 nitrogen and oxygen atoms in total. The van der Waals surface area contributed by atoms with E-state index in [1.54, 1.807) is 66.3 Å². The minimum absolute atomic E-state index is 0. The third kappa shape index (κ3) is 26.7. The molecule has 7 heterocycles. The van der Waals surface area contributed by atoms with Crippen LogP contribution in [0.2, 0.25) is 0 Å². The number of carbonyl (C=O) groups excluding carboxylic acids is 10. The molecule has 0 saturated heterocycles. The molecule has 4 aromatic heterocycles. The molecular weight excluding hydrogens is 1830 g/mol.